The van der Waals surface area contributed by atoms with Gasteiger partial charge in [-0.15, -0.1) is 10.2 Å². The summed E-state index contributed by atoms with van der Waals surface area (Å²) in [5.41, 5.74) is 7.95. The molecular formula is C20H27N5O. The summed E-state index contributed by atoms with van der Waals surface area (Å²) >= 11 is 0. The van der Waals surface area contributed by atoms with E-state index in [1.165, 1.54) is 0 Å². The maximum Gasteiger partial charge on any atom is 0.221 e. The summed E-state index contributed by atoms with van der Waals surface area (Å²) in [6.07, 6.45) is 1.40. The van der Waals surface area contributed by atoms with Gasteiger partial charge in [0.05, 0.1) is 12.1 Å². The Kier molecular flexibility index (Phi) is 5.83. The number of aromatic nitrogens is 2. The molecule has 0 aliphatic carbocycles. The maximum absolute atomic E-state index is 11.0. The van der Waals surface area contributed by atoms with Crippen molar-refractivity contribution in [2.45, 2.75) is 32.7 Å². The lowest BCUT2D eigenvalue weighted by atomic mass is 10.1. The van der Waals surface area contributed by atoms with E-state index in [-0.39, 0.29) is 12.3 Å². The van der Waals surface area contributed by atoms with Crippen LogP contribution in [0.25, 0.3) is 11.3 Å². The normalized spacial score (nSPS) is 15.9. The number of primary amides is 1. The topological polar surface area (TPSA) is 75.3 Å². The van der Waals surface area contributed by atoms with E-state index in [1.807, 2.05) is 36.4 Å². The zero-order chi connectivity index (χ0) is 18.5. The van der Waals surface area contributed by atoms with Gasteiger partial charge in [-0.2, -0.15) is 0 Å². The molecule has 3 rings (SSSR count). The van der Waals surface area contributed by atoms with E-state index in [0.717, 1.165) is 55.2 Å². The minimum atomic E-state index is -0.324. The highest BCUT2D eigenvalue weighted by atomic mass is 16.1. The zero-order valence-electron chi connectivity index (χ0n) is 15.6. The van der Waals surface area contributed by atoms with E-state index in [1.54, 1.807) is 0 Å². The molecule has 2 aromatic rings. The van der Waals surface area contributed by atoms with Crippen molar-refractivity contribution in [1.82, 2.24) is 15.1 Å². The van der Waals surface area contributed by atoms with E-state index in [0.29, 0.717) is 6.04 Å². The summed E-state index contributed by atoms with van der Waals surface area (Å²) in [5, 5.41) is 8.85. The number of amides is 1. The summed E-state index contributed by atoms with van der Waals surface area (Å²) in [7, 11) is 0. The average Bonchev–Trinajstić information content (AvgIpc) is 2.88. The first kappa shape index (κ1) is 18.3. The molecule has 1 aliphatic rings. The molecule has 0 saturated carbocycles. The molecule has 2 heterocycles. The van der Waals surface area contributed by atoms with Crippen LogP contribution < -0.4 is 10.6 Å². The van der Waals surface area contributed by atoms with Crippen LogP contribution in [-0.2, 0) is 11.2 Å². The van der Waals surface area contributed by atoms with Crippen LogP contribution in [0.5, 0.6) is 0 Å². The Morgan fingerprint density at radius 1 is 1.04 bits per heavy atom. The average molecular weight is 353 g/mol. The molecule has 0 radical (unpaired) electrons. The van der Waals surface area contributed by atoms with Crippen molar-refractivity contribution >= 4 is 11.7 Å². The Balaban J connectivity index is 1.67. The van der Waals surface area contributed by atoms with Crippen molar-refractivity contribution in [3.05, 3.63) is 42.0 Å². The van der Waals surface area contributed by atoms with Gasteiger partial charge in [-0.3, -0.25) is 9.69 Å². The largest absolute Gasteiger partial charge is 0.369 e. The third-order valence-corrected chi connectivity index (χ3v) is 4.86. The van der Waals surface area contributed by atoms with Crippen LogP contribution in [0, 0.1) is 0 Å². The Morgan fingerprint density at radius 3 is 2.42 bits per heavy atom. The molecule has 26 heavy (non-hydrogen) atoms. The Bertz CT molecular complexity index is 727. The van der Waals surface area contributed by atoms with Crippen LogP contribution in [0.15, 0.2) is 36.4 Å². The molecule has 0 spiro atoms. The van der Waals surface area contributed by atoms with Gasteiger partial charge in [0.2, 0.25) is 5.91 Å². The van der Waals surface area contributed by atoms with Crippen LogP contribution in [-0.4, -0.2) is 53.2 Å². The molecule has 6 heteroatoms. The summed E-state index contributed by atoms with van der Waals surface area (Å²) in [6, 6.07) is 12.4. The highest BCUT2D eigenvalue weighted by molar-refractivity contribution is 5.76. The smallest absolute Gasteiger partial charge is 0.221 e. The summed E-state index contributed by atoms with van der Waals surface area (Å²) < 4.78 is 0. The molecule has 1 saturated heterocycles. The highest BCUT2D eigenvalue weighted by Crippen LogP contribution is 2.20. The number of nitrogens with zero attached hydrogens (tertiary/aromatic N) is 4. The van der Waals surface area contributed by atoms with Gasteiger partial charge in [0, 0.05) is 37.8 Å². The van der Waals surface area contributed by atoms with E-state index < -0.39 is 0 Å². The van der Waals surface area contributed by atoms with Gasteiger partial charge >= 0.3 is 0 Å². The zero-order valence-corrected chi connectivity index (χ0v) is 15.6. The van der Waals surface area contributed by atoms with Gasteiger partial charge in [0.15, 0.2) is 5.82 Å². The maximum atomic E-state index is 11.0. The first-order valence-electron chi connectivity index (χ1n) is 9.23. The van der Waals surface area contributed by atoms with Crippen LogP contribution in [0.4, 0.5) is 5.82 Å². The SMILES string of the molecule is CC(C)N1CCCN(c2ccc(-c3ccc(CC(N)=O)cc3)nn2)CC1. The molecule has 1 aliphatic heterocycles. The quantitative estimate of drug-likeness (QED) is 0.891. The van der Waals surface area contributed by atoms with Crippen molar-refractivity contribution in [2.24, 2.45) is 5.73 Å². The summed E-state index contributed by atoms with van der Waals surface area (Å²) in [6.45, 7) is 8.69. The van der Waals surface area contributed by atoms with Crippen molar-refractivity contribution < 1.29 is 4.79 Å². The van der Waals surface area contributed by atoms with Crippen LogP contribution in [0.3, 0.4) is 0 Å². The molecule has 0 unspecified atom stereocenters. The monoisotopic (exact) mass is 353 g/mol. The van der Waals surface area contributed by atoms with Crippen molar-refractivity contribution in [1.29, 1.82) is 0 Å². The number of rotatable bonds is 5. The standard InChI is InChI=1S/C20H27N5O/c1-15(2)24-10-3-11-25(13-12-24)20-9-8-18(22-23-20)17-6-4-16(5-7-17)14-19(21)26/h4-9,15H,3,10-14H2,1-2H3,(H2,21,26). The van der Waals surface area contributed by atoms with Crippen LogP contribution >= 0.6 is 0 Å². The highest BCUT2D eigenvalue weighted by Gasteiger charge is 2.18. The lowest BCUT2D eigenvalue weighted by molar-refractivity contribution is -0.117. The first-order valence-corrected chi connectivity index (χ1v) is 9.23. The van der Waals surface area contributed by atoms with Crippen LogP contribution in [0.2, 0.25) is 0 Å². The molecule has 1 fully saturated rings. The lowest BCUT2D eigenvalue weighted by Crippen LogP contribution is -2.35. The Hall–Kier alpha value is -2.47. The minimum Gasteiger partial charge on any atom is -0.369 e. The van der Waals surface area contributed by atoms with E-state index in [4.69, 9.17) is 5.73 Å². The van der Waals surface area contributed by atoms with E-state index in [2.05, 4.69) is 33.8 Å². The molecule has 1 amide bonds. The molecule has 0 bridgehead atoms. The molecule has 1 aromatic heterocycles. The third kappa shape index (κ3) is 4.58. The first-order chi connectivity index (χ1) is 12.5. The van der Waals surface area contributed by atoms with Gasteiger partial charge in [-0.25, -0.2) is 0 Å². The number of anilines is 1. The van der Waals surface area contributed by atoms with Gasteiger partial charge in [-0.1, -0.05) is 24.3 Å². The van der Waals surface area contributed by atoms with Gasteiger partial charge in [0.1, 0.15) is 0 Å². The molecule has 0 atom stereocenters. The number of benzene rings is 1. The lowest BCUT2D eigenvalue weighted by Gasteiger charge is -2.25. The Labute approximate surface area is 155 Å². The number of hydrogen-bond donors (Lipinski definition) is 1. The second kappa shape index (κ2) is 8.27. The fraction of sp³-hybridized carbons (Fsp3) is 0.450. The number of nitrogens with two attached hydrogens (primary N) is 1. The van der Waals surface area contributed by atoms with Crippen molar-refractivity contribution in [3.8, 4) is 11.3 Å². The van der Waals surface area contributed by atoms with Crippen molar-refractivity contribution in [3.63, 3.8) is 0 Å². The number of carbonyl (C=O) groups is 1. The van der Waals surface area contributed by atoms with E-state index in [9.17, 15) is 4.79 Å². The summed E-state index contributed by atoms with van der Waals surface area (Å²) in [4.78, 5) is 15.8. The third-order valence-electron chi connectivity index (χ3n) is 4.86. The molecule has 6 nitrogen and oxygen atoms in total. The second-order valence-corrected chi connectivity index (χ2v) is 7.09. The van der Waals surface area contributed by atoms with E-state index >= 15 is 0 Å². The Morgan fingerprint density at radius 2 is 1.81 bits per heavy atom. The molecule has 138 valence electrons. The predicted molar refractivity (Wildman–Crippen MR) is 104 cm³/mol. The van der Waals surface area contributed by atoms with Crippen molar-refractivity contribution in [2.75, 3.05) is 31.1 Å². The summed E-state index contributed by atoms with van der Waals surface area (Å²) in [5.74, 6) is 0.611. The van der Waals surface area contributed by atoms with Gasteiger partial charge in [0.25, 0.3) is 0 Å². The van der Waals surface area contributed by atoms with Gasteiger partial charge in [-0.05, 0) is 38.0 Å². The minimum absolute atomic E-state index is 0.257. The van der Waals surface area contributed by atoms with Crippen LogP contribution in [0.1, 0.15) is 25.8 Å². The fourth-order valence-electron chi connectivity index (χ4n) is 3.33. The number of hydrogen-bond acceptors (Lipinski definition) is 5. The second-order valence-electron chi connectivity index (χ2n) is 7.09. The fourth-order valence-corrected chi connectivity index (χ4v) is 3.33. The molecular weight excluding hydrogens is 326 g/mol. The molecule has 2 N–H and O–H groups in total. The van der Waals surface area contributed by atoms with Gasteiger partial charge < -0.3 is 10.6 Å². The molecule has 1 aromatic carbocycles. The predicted octanol–water partition coefficient (Wildman–Crippen LogP) is 2.09. The number of carbonyl (C=O) groups excluding carboxylic acids is 1.